The fraction of sp³-hybridized carbons (Fsp3) is 0.304. The highest BCUT2D eigenvalue weighted by Crippen LogP contribution is 2.43. The van der Waals surface area contributed by atoms with Crippen LogP contribution in [0.25, 0.3) is 17.2 Å². The zero-order valence-electron chi connectivity index (χ0n) is 20.3. The number of primary amides is 1. The van der Waals surface area contributed by atoms with E-state index in [9.17, 15) is 35.9 Å². The van der Waals surface area contributed by atoms with Crippen molar-refractivity contribution in [2.75, 3.05) is 5.32 Å². The minimum Gasteiger partial charge on any atom is -0.364 e. The van der Waals surface area contributed by atoms with Gasteiger partial charge in [-0.25, -0.2) is 24.5 Å². The zero-order valence-corrected chi connectivity index (χ0v) is 20.3. The Morgan fingerprint density at radius 2 is 1.85 bits per heavy atom. The van der Waals surface area contributed by atoms with E-state index >= 15 is 0 Å². The van der Waals surface area contributed by atoms with Crippen molar-refractivity contribution in [3.8, 4) is 11.5 Å². The Bertz CT molecular complexity index is 1650. The van der Waals surface area contributed by atoms with Gasteiger partial charge in [0.2, 0.25) is 5.91 Å². The molecule has 0 aliphatic carbocycles. The first-order valence-corrected chi connectivity index (χ1v) is 11.5. The van der Waals surface area contributed by atoms with Gasteiger partial charge in [-0.2, -0.15) is 31.4 Å². The maximum Gasteiger partial charge on any atom is 0.417 e. The minimum atomic E-state index is -4.66. The molecule has 5 heterocycles. The molecule has 11 nitrogen and oxygen atoms in total. The van der Waals surface area contributed by atoms with E-state index in [2.05, 4.69) is 35.3 Å². The van der Waals surface area contributed by atoms with Gasteiger partial charge in [0, 0.05) is 18.2 Å². The molecule has 1 unspecified atom stereocenters. The van der Waals surface area contributed by atoms with E-state index < -0.39 is 47.3 Å². The molecule has 1 aliphatic heterocycles. The zero-order chi connectivity index (χ0) is 29.0. The molecule has 40 heavy (non-hydrogen) atoms. The van der Waals surface area contributed by atoms with Crippen molar-refractivity contribution in [3.63, 3.8) is 0 Å². The number of halogens is 6. The predicted molar refractivity (Wildman–Crippen MR) is 124 cm³/mol. The van der Waals surface area contributed by atoms with Crippen LogP contribution in [-0.4, -0.2) is 52.5 Å². The topological polar surface area (TPSA) is 154 Å². The first kappa shape index (κ1) is 26.9. The number of amides is 2. The molecule has 5 rings (SSSR count). The van der Waals surface area contributed by atoms with E-state index in [1.165, 1.54) is 24.0 Å². The van der Waals surface area contributed by atoms with Gasteiger partial charge < -0.3 is 11.1 Å². The maximum atomic E-state index is 13.1. The molecular formula is C23H17F6N9O2. The largest absolute Gasteiger partial charge is 0.417 e. The van der Waals surface area contributed by atoms with E-state index in [0.717, 1.165) is 12.1 Å². The summed E-state index contributed by atoms with van der Waals surface area (Å²) in [5, 5.41) is 6.48. The number of aryl methyl sites for hydroxylation is 1. The highest BCUT2D eigenvalue weighted by Gasteiger charge is 2.50. The molecule has 0 saturated heterocycles. The van der Waals surface area contributed by atoms with Crippen molar-refractivity contribution in [1.82, 2.24) is 34.5 Å². The third-order valence-corrected chi connectivity index (χ3v) is 6.37. The normalized spacial score (nSPS) is 17.2. The number of fused-ring (bicyclic) bond motifs is 2. The molecule has 1 atom stereocenters. The van der Waals surface area contributed by atoms with Crippen LogP contribution in [0.1, 0.15) is 52.8 Å². The molecule has 1 aliphatic rings. The molecule has 4 aromatic rings. The average molecular weight is 565 g/mol. The summed E-state index contributed by atoms with van der Waals surface area (Å²) in [4.78, 5) is 46.3. The van der Waals surface area contributed by atoms with Gasteiger partial charge in [0.1, 0.15) is 28.9 Å². The van der Waals surface area contributed by atoms with Crippen LogP contribution in [0.3, 0.4) is 0 Å². The number of hydrogen-bond acceptors (Lipinski definition) is 8. The molecule has 0 saturated carbocycles. The highest BCUT2D eigenvalue weighted by atomic mass is 19.4. The lowest BCUT2D eigenvalue weighted by atomic mass is 9.79. The molecule has 0 fully saturated rings. The van der Waals surface area contributed by atoms with Crippen molar-refractivity contribution in [1.29, 1.82) is 0 Å². The third kappa shape index (κ3) is 4.66. The molecule has 4 aromatic heterocycles. The van der Waals surface area contributed by atoms with Crippen LogP contribution in [-0.2, 0) is 22.8 Å². The summed E-state index contributed by atoms with van der Waals surface area (Å²) < 4.78 is 78.4. The third-order valence-electron chi connectivity index (χ3n) is 6.37. The Kier molecular flexibility index (Phi) is 6.18. The van der Waals surface area contributed by atoms with E-state index in [-0.39, 0.29) is 52.8 Å². The smallest absolute Gasteiger partial charge is 0.364 e. The fourth-order valence-electron chi connectivity index (χ4n) is 4.39. The molecule has 0 radical (unpaired) electrons. The summed E-state index contributed by atoms with van der Waals surface area (Å²) in [5.41, 5.74) is 2.45. The summed E-state index contributed by atoms with van der Waals surface area (Å²) in [5.74, 6) is -2.21. The van der Waals surface area contributed by atoms with Gasteiger partial charge in [0.15, 0.2) is 11.5 Å². The van der Waals surface area contributed by atoms with Gasteiger partial charge in [-0.05, 0) is 31.9 Å². The highest BCUT2D eigenvalue weighted by molar-refractivity contribution is 6.11. The second kappa shape index (κ2) is 9.20. The van der Waals surface area contributed by atoms with Crippen LogP contribution < -0.4 is 11.1 Å². The second-order valence-corrected chi connectivity index (χ2v) is 9.06. The lowest BCUT2D eigenvalue weighted by molar-refractivity contribution is -0.138. The number of anilines is 1. The first-order valence-electron chi connectivity index (χ1n) is 11.5. The van der Waals surface area contributed by atoms with Gasteiger partial charge in [-0.3, -0.25) is 14.6 Å². The molecule has 2 amide bonds. The number of rotatable bonds is 6. The second-order valence-electron chi connectivity index (χ2n) is 9.06. The molecule has 0 bridgehead atoms. The number of nitrogens with zero attached hydrogens (tertiary/aromatic N) is 7. The van der Waals surface area contributed by atoms with Crippen molar-refractivity contribution >= 4 is 23.3 Å². The summed E-state index contributed by atoms with van der Waals surface area (Å²) >= 11 is 0. The number of hydrogen-bond donors (Lipinski definition) is 2. The number of nitrogens with one attached hydrogen (secondary N) is 1. The van der Waals surface area contributed by atoms with Gasteiger partial charge in [-0.15, -0.1) is 0 Å². The number of pyridine rings is 1. The number of aromatic nitrogens is 7. The van der Waals surface area contributed by atoms with Gasteiger partial charge >= 0.3 is 12.4 Å². The Hall–Kier alpha value is -4.70. The van der Waals surface area contributed by atoms with E-state index in [0.29, 0.717) is 6.20 Å². The van der Waals surface area contributed by atoms with Gasteiger partial charge in [0.25, 0.3) is 5.91 Å². The van der Waals surface area contributed by atoms with Crippen LogP contribution >= 0.6 is 0 Å². The Morgan fingerprint density at radius 3 is 2.48 bits per heavy atom. The molecular weight excluding hydrogens is 548 g/mol. The quantitative estimate of drug-likeness (QED) is 0.338. The number of nitrogens with two attached hydrogens (primary N) is 1. The lowest BCUT2D eigenvalue weighted by Gasteiger charge is -2.23. The van der Waals surface area contributed by atoms with E-state index in [1.54, 1.807) is 0 Å². The SMILES string of the molecule is CC1(c2ccc(C(F)(F)F)cn2)C(=O)Nc2nc(-c3cn4ncnc4c(CCCC(F)(F)F)n3)nc(C(N)=O)c21. The first-order chi connectivity index (χ1) is 18.7. The monoisotopic (exact) mass is 565 g/mol. The molecule has 0 spiro atoms. The fourth-order valence-corrected chi connectivity index (χ4v) is 4.39. The molecule has 208 valence electrons. The molecule has 3 N–H and O–H groups in total. The van der Waals surface area contributed by atoms with Crippen LogP contribution in [0.4, 0.5) is 32.2 Å². The number of carbonyl (C=O) groups is 2. The summed E-state index contributed by atoms with van der Waals surface area (Å²) in [7, 11) is 0. The lowest BCUT2D eigenvalue weighted by Crippen LogP contribution is -2.35. The van der Waals surface area contributed by atoms with Crippen LogP contribution in [0, 0.1) is 0 Å². The Labute approximate surface area is 219 Å². The van der Waals surface area contributed by atoms with Crippen molar-refractivity contribution in [3.05, 3.63) is 59.1 Å². The Morgan fingerprint density at radius 1 is 1.10 bits per heavy atom. The predicted octanol–water partition coefficient (Wildman–Crippen LogP) is 3.24. The standard InChI is InChI=1S/C23H17F6N9O2/c1-21(13-5-4-10(7-31-13)23(27,28)29)14-15(16(30)39)35-17(36-18(14)37-20(21)40)12-8-38-19(32-9-33-38)11(34-12)3-2-6-22(24,25)26/h4-5,7-9H,2-3,6H2,1H3,(H2,30,39)(H,35,36,37,40). The van der Waals surface area contributed by atoms with E-state index in [4.69, 9.17) is 5.73 Å². The maximum absolute atomic E-state index is 13.1. The average Bonchev–Trinajstić information content (AvgIpc) is 3.45. The van der Waals surface area contributed by atoms with Crippen LogP contribution in [0.15, 0.2) is 30.9 Å². The van der Waals surface area contributed by atoms with E-state index in [1.807, 2.05) is 0 Å². The van der Waals surface area contributed by atoms with Gasteiger partial charge in [0.05, 0.1) is 23.1 Å². The van der Waals surface area contributed by atoms with Gasteiger partial charge in [-0.1, -0.05) is 0 Å². The minimum absolute atomic E-state index is 0.0131. The number of alkyl halides is 6. The van der Waals surface area contributed by atoms with Crippen molar-refractivity contribution in [2.45, 2.75) is 44.0 Å². The molecule has 17 heteroatoms. The summed E-state index contributed by atoms with van der Waals surface area (Å²) in [6.45, 7) is 1.33. The van der Waals surface area contributed by atoms with Crippen molar-refractivity contribution in [2.24, 2.45) is 5.73 Å². The van der Waals surface area contributed by atoms with Crippen LogP contribution in [0.5, 0.6) is 0 Å². The molecule has 0 aromatic carbocycles. The number of carbonyl (C=O) groups excluding carboxylic acids is 2. The summed E-state index contributed by atoms with van der Waals surface area (Å²) in [6, 6.07) is 1.75. The van der Waals surface area contributed by atoms with Crippen LogP contribution in [0.2, 0.25) is 0 Å². The Balaban J connectivity index is 1.60. The van der Waals surface area contributed by atoms with Crippen molar-refractivity contribution < 1.29 is 35.9 Å². The summed E-state index contributed by atoms with van der Waals surface area (Å²) in [6.07, 6.45) is -7.42.